The first-order chi connectivity index (χ1) is 13.1. The fourth-order valence-corrected chi connectivity index (χ4v) is 3.84. The Morgan fingerprint density at radius 3 is 2.74 bits per heavy atom. The highest BCUT2D eigenvalue weighted by atomic mass is 32.2. The van der Waals surface area contributed by atoms with Crippen molar-refractivity contribution in [3.63, 3.8) is 0 Å². The molecule has 0 saturated heterocycles. The van der Waals surface area contributed by atoms with E-state index in [4.69, 9.17) is 9.47 Å². The van der Waals surface area contributed by atoms with Gasteiger partial charge in [0.2, 0.25) is 6.79 Å². The number of rotatable bonds is 6. The van der Waals surface area contributed by atoms with Gasteiger partial charge in [-0.2, -0.15) is 0 Å². The lowest BCUT2D eigenvalue weighted by atomic mass is 10.2. The molecule has 0 N–H and O–H groups in total. The van der Waals surface area contributed by atoms with Crippen LogP contribution in [0.25, 0.3) is 11.4 Å². The maximum Gasteiger partial charge on any atom is 0.231 e. The highest BCUT2D eigenvalue weighted by Gasteiger charge is 2.19. The highest BCUT2D eigenvalue weighted by molar-refractivity contribution is 7.98. The van der Waals surface area contributed by atoms with Crippen LogP contribution in [0.3, 0.4) is 0 Å². The van der Waals surface area contributed by atoms with Gasteiger partial charge in [-0.3, -0.25) is 0 Å². The molecule has 1 aromatic heterocycles. The SMILES string of the molecule is CC(C)Cn1c(SCc2ccc3c(c2)OCO3)nnc1-c1ccccc1F. The summed E-state index contributed by atoms with van der Waals surface area (Å²) in [6.45, 7) is 5.23. The van der Waals surface area contributed by atoms with Crippen LogP contribution in [-0.4, -0.2) is 21.6 Å². The first-order valence-corrected chi connectivity index (χ1v) is 9.80. The van der Waals surface area contributed by atoms with Gasteiger partial charge < -0.3 is 14.0 Å². The van der Waals surface area contributed by atoms with Crippen LogP contribution < -0.4 is 9.47 Å². The summed E-state index contributed by atoms with van der Waals surface area (Å²) in [7, 11) is 0. The molecule has 0 bridgehead atoms. The lowest BCUT2D eigenvalue weighted by Crippen LogP contribution is -2.08. The van der Waals surface area contributed by atoms with Crippen molar-refractivity contribution in [3.8, 4) is 22.9 Å². The second-order valence-electron chi connectivity index (χ2n) is 6.77. The zero-order valence-electron chi connectivity index (χ0n) is 15.2. The number of fused-ring (bicyclic) bond motifs is 1. The predicted molar refractivity (Wildman–Crippen MR) is 102 cm³/mol. The number of aromatic nitrogens is 3. The maximum absolute atomic E-state index is 14.3. The summed E-state index contributed by atoms with van der Waals surface area (Å²) in [5, 5.41) is 9.38. The molecule has 2 aromatic carbocycles. The van der Waals surface area contributed by atoms with E-state index >= 15 is 0 Å². The summed E-state index contributed by atoms with van der Waals surface area (Å²) < 4.78 is 27.1. The summed E-state index contributed by atoms with van der Waals surface area (Å²) in [5.41, 5.74) is 1.58. The second kappa shape index (κ2) is 7.60. The lowest BCUT2D eigenvalue weighted by Gasteiger charge is -2.13. The van der Waals surface area contributed by atoms with E-state index in [0.29, 0.717) is 23.1 Å². The van der Waals surface area contributed by atoms with Crippen molar-refractivity contribution in [2.24, 2.45) is 5.92 Å². The second-order valence-corrected chi connectivity index (χ2v) is 7.71. The minimum absolute atomic E-state index is 0.265. The normalized spacial score (nSPS) is 12.7. The standard InChI is InChI=1S/C20H20FN3O2S/c1-13(2)10-24-19(15-5-3-4-6-16(15)21)22-23-20(24)27-11-14-7-8-17-18(9-14)26-12-25-17/h3-9,13H,10-12H2,1-2H3. The molecule has 1 aliphatic rings. The van der Waals surface area contributed by atoms with Crippen LogP contribution in [0.15, 0.2) is 47.6 Å². The Hall–Kier alpha value is -2.54. The molecular formula is C20H20FN3O2S. The van der Waals surface area contributed by atoms with Gasteiger partial charge in [-0.05, 0) is 35.7 Å². The van der Waals surface area contributed by atoms with Crippen molar-refractivity contribution in [2.75, 3.05) is 6.79 Å². The van der Waals surface area contributed by atoms with Crippen LogP contribution in [0.2, 0.25) is 0 Å². The van der Waals surface area contributed by atoms with E-state index in [1.165, 1.54) is 6.07 Å². The molecule has 2 heterocycles. The van der Waals surface area contributed by atoms with E-state index in [0.717, 1.165) is 28.8 Å². The van der Waals surface area contributed by atoms with Gasteiger partial charge in [-0.25, -0.2) is 4.39 Å². The fourth-order valence-electron chi connectivity index (χ4n) is 2.95. The molecule has 0 aliphatic carbocycles. The van der Waals surface area contributed by atoms with Crippen molar-refractivity contribution in [2.45, 2.75) is 31.3 Å². The summed E-state index contributed by atoms with van der Waals surface area (Å²) in [4.78, 5) is 0. The van der Waals surface area contributed by atoms with Crippen LogP contribution in [0.5, 0.6) is 11.5 Å². The van der Waals surface area contributed by atoms with Crippen LogP contribution in [-0.2, 0) is 12.3 Å². The number of thioether (sulfide) groups is 1. The van der Waals surface area contributed by atoms with Crippen molar-refractivity contribution < 1.29 is 13.9 Å². The van der Waals surface area contributed by atoms with Crippen molar-refractivity contribution >= 4 is 11.8 Å². The molecule has 0 radical (unpaired) electrons. The average Bonchev–Trinajstić information content (AvgIpc) is 3.26. The molecule has 7 heteroatoms. The molecule has 140 valence electrons. The zero-order valence-corrected chi connectivity index (χ0v) is 16.0. The Kier molecular flexibility index (Phi) is 5.03. The molecule has 0 atom stereocenters. The number of nitrogens with zero attached hydrogens (tertiary/aromatic N) is 3. The maximum atomic E-state index is 14.3. The topological polar surface area (TPSA) is 49.2 Å². The van der Waals surface area contributed by atoms with E-state index in [1.54, 1.807) is 23.9 Å². The number of benzene rings is 2. The number of hydrogen-bond acceptors (Lipinski definition) is 5. The molecule has 5 nitrogen and oxygen atoms in total. The van der Waals surface area contributed by atoms with Crippen LogP contribution in [0.4, 0.5) is 4.39 Å². The average molecular weight is 385 g/mol. The first-order valence-electron chi connectivity index (χ1n) is 8.81. The van der Waals surface area contributed by atoms with Gasteiger partial charge in [-0.15, -0.1) is 10.2 Å². The molecule has 1 aliphatic heterocycles. The Bertz CT molecular complexity index is 958. The van der Waals surface area contributed by atoms with Gasteiger partial charge in [-0.1, -0.05) is 43.8 Å². The van der Waals surface area contributed by atoms with E-state index < -0.39 is 0 Å². The molecule has 0 saturated carbocycles. The van der Waals surface area contributed by atoms with Gasteiger partial charge in [0.05, 0.1) is 5.56 Å². The number of ether oxygens (including phenoxy) is 2. The fraction of sp³-hybridized carbons (Fsp3) is 0.300. The largest absolute Gasteiger partial charge is 0.454 e. The number of hydrogen-bond donors (Lipinski definition) is 0. The third kappa shape index (κ3) is 3.78. The van der Waals surface area contributed by atoms with E-state index in [1.807, 2.05) is 28.8 Å². The number of halogens is 1. The third-order valence-corrected chi connectivity index (χ3v) is 5.22. The smallest absolute Gasteiger partial charge is 0.231 e. The van der Waals surface area contributed by atoms with Crippen LogP contribution >= 0.6 is 11.8 Å². The van der Waals surface area contributed by atoms with Crippen molar-refractivity contribution in [3.05, 3.63) is 53.8 Å². The molecule has 3 aromatic rings. The minimum atomic E-state index is -0.290. The van der Waals surface area contributed by atoms with Crippen molar-refractivity contribution in [1.29, 1.82) is 0 Å². The van der Waals surface area contributed by atoms with Gasteiger partial charge >= 0.3 is 0 Å². The van der Waals surface area contributed by atoms with E-state index in [9.17, 15) is 4.39 Å². The van der Waals surface area contributed by atoms with Gasteiger partial charge in [0.15, 0.2) is 22.5 Å². The monoisotopic (exact) mass is 385 g/mol. The summed E-state index contributed by atoms with van der Waals surface area (Å²) in [5.74, 6) is 2.91. The third-order valence-electron chi connectivity index (χ3n) is 4.18. The van der Waals surface area contributed by atoms with Gasteiger partial charge in [0.1, 0.15) is 5.82 Å². The Morgan fingerprint density at radius 2 is 1.93 bits per heavy atom. The van der Waals surface area contributed by atoms with Crippen molar-refractivity contribution in [1.82, 2.24) is 14.8 Å². The first kappa shape index (κ1) is 17.9. The summed E-state index contributed by atoms with van der Waals surface area (Å²) in [6, 6.07) is 12.6. The van der Waals surface area contributed by atoms with Crippen LogP contribution in [0, 0.1) is 11.7 Å². The molecular weight excluding hydrogens is 365 g/mol. The molecule has 0 spiro atoms. The molecule has 0 unspecified atom stereocenters. The molecule has 0 amide bonds. The Labute approximate surface area is 161 Å². The Balaban J connectivity index is 1.60. The summed E-state index contributed by atoms with van der Waals surface area (Å²) >= 11 is 1.58. The molecule has 27 heavy (non-hydrogen) atoms. The van der Waals surface area contributed by atoms with Crippen LogP contribution in [0.1, 0.15) is 19.4 Å². The molecule has 0 fully saturated rings. The minimum Gasteiger partial charge on any atom is -0.454 e. The molecule has 4 rings (SSSR count). The van der Waals surface area contributed by atoms with E-state index in [-0.39, 0.29) is 12.6 Å². The Morgan fingerprint density at radius 1 is 1.11 bits per heavy atom. The summed E-state index contributed by atoms with van der Waals surface area (Å²) in [6.07, 6.45) is 0. The lowest BCUT2D eigenvalue weighted by molar-refractivity contribution is 0.174. The zero-order chi connectivity index (χ0) is 18.8. The van der Waals surface area contributed by atoms with Gasteiger partial charge in [0, 0.05) is 12.3 Å². The predicted octanol–water partition coefficient (Wildman–Crippen LogP) is 4.76. The quantitative estimate of drug-likeness (QED) is 0.573. The van der Waals surface area contributed by atoms with Gasteiger partial charge in [0.25, 0.3) is 0 Å². The highest BCUT2D eigenvalue weighted by Crippen LogP contribution is 2.35. The van der Waals surface area contributed by atoms with E-state index in [2.05, 4.69) is 24.0 Å².